The quantitative estimate of drug-likeness (QED) is 0.878. The molecule has 2 fully saturated rings. The van der Waals surface area contributed by atoms with Crippen molar-refractivity contribution < 1.29 is 14.6 Å². The van der Waals surface area contributed by atoms with Crippen LogP contribution in [0.4, 0.5) is 16.2 Å². The summed E-state index contributed by atoms with van der Waals surface area (Å²) < 4.78 is 5.40. The molecule has 138 valence electrons. The highest BCUT2D eigenvalue weighted by molar-refractivity contribution is 5.90. The molecule has 1 aromatic rings. The number of anilines is 2. The van der Waals surface area contributed by atoms with Crippen LogP contribution in [0.2, 0.25) is 0 Å². The monoisotopic (exact) mass is 347 g/mol. The van der Waals surface area contributed by atoms with E-state index in [0.717, 1.165) is 63.4 Å². The zero-order valence-corrected chi connectivity index (χ0v) is 15.0. The SMILES string of the molecule is CN(C(=O)Nc1cccc(N2CCOCC2)c1)C1CCC(CO)CC1. The van der Waals surface area contributed by atoms with Crippen molar-refractivity contribution in [1.82, 2.24) is 4.90 Å². The van der Waals surface area contributed by atoms with E-state index in [9.17, 15) is 9.90 Å². The van der Waals surface area contributed by atoms with Crippen LogP contribution in [0, 0.1) is 5.92 Å². The third-order valence-electron chi connectivity index (χ3n) is 5.42. The van der Waals surface area contributed by atoms with Gasteiger partial charge in [0.2, 0.25) is 0 Å². The summed E-state index contributed by atoms with van der Waals surface area (Å²) in [5.41, 5.74) is 1.94. The van der Waals surface area contributed by atoms with Crippen LogP contribution >= 0.6 is 0 Å². The molecule has 2 amide bonds. The van der Waals surface area contributed by atoms with Crippen molar-refractivity contribution in [3.05, 3.63) is 24.3 Å². The average molecular weight is 347 g/mol. The van der Waals surface area contributed by atoms with Gasteiger partial charge in [0.15, 0.2) is 0 Å². The molecule has 1 saturated carbocycles. The first-order valence-corrected chi connectivity index (χ1v) is 9.25. The Morgan fingerprint density at radius 3 is 2.68 bits per heavy atom. The largest absolute Gasteiger partial charge is 0.396 e. The molecule has 1 heterocycles. The lowest BCUT2D eigenvalue weighted by Gasteiger charge is -2.34. The Kier molecular flexibility index (Phi) is 6.15. The highest BCUT2D eigenvalue weighted by Crippen LogP contribution is 2.27. The van der Waals surface area contributed by atoms with E-state index in [1.807, 2.05) is 30.1 Å². The van der Waals surface area contributed by atoms with Gasteiger partial charge < -0.3 is 25.0 Å². The number of morpholine rings is 1. The van der Waals surface area contributed by atoms with Gasteiger partial charge in [-0.2, -0.15) is 0 Å². The van der Waals surface area contributed by atoms with Crippen LogP contribution in [0.1, 0.15) is 25.7 Å². The molecule has 0 unspecified atom stereocenters. The van der Waals surface area contributed by atoms with Gasteiger partial charge >= 0.3 is 6.03 Å². The van der Waals surface area contributed by atoms with E-state index in [1.165, 1.54) is 0 Å². The van der Waals surface area contributed by atoms with Crippen molar-refractivity contribution in [3.8, 4) is 0 Å². The summed E-state index contributed by atoms with van der Waals surface area (Å²) in [5, 5.41) is 12.3. The number of hydrogen-bond acceptors (Lipinski definition) is 4. The molecule has 1 aliphatic carbocycles. The minimum absolute atomic E-state index is 0.0634. The summed E-state index contributed by atoms with van der Waals surface area (Å²) in [4.78, 5) is 16.7. The Bertz CT molecular complexity index is 567. The van der Waals surface area contributed by atoms with Crippen LogP contribution in [-0.2, 0) is 4.74 Å². The molecule has 0 aromatic heterocycles. The standard InChI is InChI=1S/C19H29N3O3/c1-21(17-7-5-15(14-23)6-8-17)19(24)20-16-3-2-4-18(13-16)22-9-11-25-12-10-22/h2-4,13,15,17,23H,5-12,14H2,1H3,(H,20,24). The van der Waals surface area contributed by atoms with Crippen molar-refractivity contribution in [2.45, 2.75) is 31.7 Å². The van der Waals surface area contributed by atoms with E-state index < -0.39 is 0 Å². The molecule has 25 heavy (non-hydrogen) atoms. The fraction of sp³-hybridized carbons (Fsp3) is 0.632. The third-order valence-corrected chi connectivity index (χ3v) is 5.42. The number of hydrogen-bond donors (Lipinski definition) is 2. The molecular weight excluding hydrogens is 318 g/mol. The Morgan fingerprint density at radius 1 is 1.28 bits per heavy atom. The summed E-state index contributed by atoms with van der Waals surface area (Å²) in [6.07, 6.45) is 3.91. The minimum atomic E-state index is -0.0634. The topological polar surface area (TPSA) is 65.0 Å². The molecule has 2 N–H and O–H groups in total. The minimum Gasteiger partial charge on any atom is -0.396 e. The van der Waals surface area contributed by atoms with Gasteiger partial charge in [-0.05, 0) is 49.8 Å². The summed E-state index contributed by atoms with van der Waals surface area (Å²) in [6.45, 7) is 3.51. The van der Waals surface area contributed by atoms with Crippen LogP contribution in [0.3, 0.4) is 0 Å². The molecule has 0 atom stereocenters. The van der Waals surface area contributed by atoms with Crippen molar-refractivity contribution >= 4 is 17.4 Å². The average Bonchev–Trinajstić information content (AvgIpc) is 2.68. The van der Waals surface area contributed by atoms with Crippen LogP contribution in [0.15, 0.2) is 24.3 Å². The lowest BCUT2D eigenvalue weighted by atomic mass is 9.86. The Hall–Kier alpha value is -1.79. The number of carbonyl (C=O) groups excluding carboxylic acids is 1. The number of rotatable bonds is 4. The maximum Gasteiger partial charge on any atom is 0.321 e. The molecule has 3 rings (SSSR count). The number of carbonyl (C=O) groups is 1. The molecule has 1 aromatic carbocycles. The van der Waals surface area contributed by atoms with Gasteiger partial charge in [0.05, 0.1) is 13.2 Å². The normalized spacial score (nSPS) is 24.0. The fourth-order valence-corrected chi connectivity index (χ4v) is 3.69. The second-order valence-electron chi connectivity index (χ2n) is 7.05. The lowest BCUT2D eigenvalue weighted by Crippen LogP contribution is -2.42. The Labute approximate surface area is 149 Å². The van der Waals surface area contributed by atoms with Gasteiger partial charge in [-0.1, -0.05) is 6.07 Å². The summed E-state index contributed by atoms with van der Waals surface area (Å²) in [7, 11) is 1.87. The number of aliphatic hydroxyl groups excluding tert-OH is 1. The Morgan fingerprint density at radius 2 is 2.00 bits per heavy atom. The predicted octanol–water partition coefficient (Wildman–Crippen LogP) is 2.54. The van der Waals surface area contributed by atoms with Crippen LogP contribution in [0.25, 0.3) is 0 Å². The first-order valence-electron chi connectivity index (χ1n) is 9.25. The maximum atomic E-state index is 12.6. The van der Waals surface area contributed by atoms with E-state index in [1.54, 1.807) is 0 Å². The van der Waals surface area contributed by atoms with E-state index in [2.05, 4.69) is 16.3 Å². The van der Waals surface area contributed by atoms with E-state index in [-0.39, 0.29) is 18.7 Å². The van der Waals surface area contributed by atoms with E-state index >= 15 is 0 Å². The number of aliphatic hydroxyl groups is 1. The number of nitrogens with zero attached hydrogens (tertiary/aromatic N) is 2. The first kappa shape index (κ1) is 18.0. The molecule has 6 heteroatoms. The van der Waals surface area contributed by atoms with Gasteiger partial charge in [-0.3, -0.25) is 0 Å². The van der Waals surface area contributed by atoms with Crippen molar-refractivity contribution in [2.75, 3.05) is 50.2 Å². The van der Waals surface area contributed by atoms with Gasteiger partial charge in [0.1, 0.15) is 0 Å². The summed E-state index contributed by atoms with van der Waals surface area (Å²) >= 11 is 0. The molecule has 0 bridgehead atoms. The van der Waals surface area contributed by atoms with Gasteiger partial charge in [0, 0.05) is 44.2 Å². The summed E-state index contributed by atoms with van der Waals surface area (Å²) in [6, 6.07) is 8.20. The maximum absolute atomic E-state index is 12.6. The predicted molar refractivity (Wildman–Crippen MR) is 99.1 cm³/mol. The van der Waals surface area contributed by atoms with Crippen molar-refractivity contribution in [3.63, 3.8) is 0 Å². The number of ether oxygens (including phenoxy) is 1. The first-order chi connectivity index (χ1) is 12.2. The number of amides is 2. The van der Waals surface area contributed by atoms with E-state index in [4.69, 9.17) is 4.74 Å². The van der Waals surface area contributed by atoms with Gasteiger partial charge in [-0.25, -0.2) is 4.79 Å². The zero-order chi connectivity index (χ0) is 17.6. The molecular formula is C19H29N3O3. The molecule has 0 radical (unpaired) electrons. The van der Waals surface area contributed by atoms with Gasteiger partial charge in [-0.15, -0.1) is 0 Å². The Balaban J connectivity index is 1.57. The number of nitrogens with one attached hydrogen (secondary N) is 1. The number of benzene rings is 1. The van der Waals surface area contributed by atoms with E-state index in [0.29, 0.717) is 5.92 Å². The van der Waals surface area contributed by atoms with Crippen LogP contribution in [-0.4, -0.2) is 62.0 Å². The highest BCUT2D eigenvalue weighted by atomic mass is 16.5. The molecule has 0 spiro atoms. The zero-order valence-electron chi connectivity index (χ0n) is 15.0. The second kappa shape index (κ2) is 8.54. The molecule has 1 saturated heterocycles. The number of urea groups is 1. The molecule has 1 aliphatic heterocycles. The third kappa shape index (κ3) is 4.64. The van der Waals surface area contributed by atoms with Gasteiger partial charge in [0.25, 0.3) is 0 Å². The van der Waals surface area contributed by atoms with Crippen molar-refractivity contribution in [1.29, 1.82) is 0 Å². The second-order valence-corrected chi connectivity index (χ2v) is 7.05. The van der Waals surface area contributed by atoms with Crippen molar-refractivity contribution in [2.24, 2.45) is 5.92 Å². The molecule has 6 nitrogen and oxygen atoms in total. The fourth-order valence-electron chi connectivity index (χ4n) is 3.69. The van der Waals surface area contributed by atoms with Crippen LogP contribution in [0.5, 0.6) is 0 Å². The smallest absolute Gasteiger partial charge is 0.321 e. The molecule has 2 aliphatic rings. The lowest BCUT2D eigenvalue weighted by molar-refractivity contribution is 0.122. The highest BCUT2D eigenvalue weighted by Gasteiger charge is 2.26. The van der Waals surface area contributed by atoms with Crippen LogP contribution < -0.4 is 10.2 Å². The summed E-state index contributed by atoms with van der Waals surface area (Å²) in [5.74, 6) is 0.401.